The van der Waals surface area contributed by atoms with Crippen molar-refractivity contribution >= 4 is 21.8 Å². The molecule has 0 amide bonds. The molecule has 29 heavy (non-hydrogen) atoms. The summed E-state index contributed by atoms with van der Waals surface area (Å²) in [5, 5.41) is 0.394. The average molecular weight is 420 g/mol. The zero-order chi connectivity index (χ0) is 20.8. The monoisotopic (exact) mass is 419 g/mol. The molecule has 0 saturated heterocycles. The molecule has 0 radical (unpaired) electrons. The molecule has 0 spiro atoms. The number of methoxy groups -OCH3 is 2. The highest BCUT2D eigenvalue weighted by Gasteiger charge is 2.18. The lowest BCUT2D eigenvalue weighted by atomic mass is 10.2. The maximum atomic E-state index is 12.9. The Balaban J connectivity index is 1.84. The number of imidazole rings is 1. The first-order valence-corrected chi connectivity index (χ1v) is 10.5. The van der Waals surface area contributed by atoms with Gasteiger partial charge >= 0.3 is 0 Å². The normalized spacial score (nSPS) is 12.1. The van der Waals surface area contributed by atoms with Crippen LogP contribution in [0, 0.1) is 6.92 Å². The summed E-state index contributed by atoms with van der Waals surface area (Å²) < 4.78 is 34.7. The van der Waals surface area contributed by atoms with Crippen LogP contribution in [-0.4, -0.2) is 53.2 Å². The average Bonchev–Trinajstić information content (AvgIpc) is 3.15. The van der Waals surface area contributed by atoms with Crippen LogP contribution in [0.4, 0.5) is 0 Å². The van der Waals surface area contributed by atoms with Gasteiger partial charge in [-0.15, -0.1) is 0 Å². The molecule has 1 atom stereocenters. The van der Waals surface area contributed by atoms with Crippen LogP contribution < -0.4 is 14.2 Å². The van der Waals surface area contributed by atoms with Gasteiger partial charge in [0.2, 0.25) is 0 Å². The summed E-state index contributed by atoms with van der Waals surface area (Å²) in [5.74, 6) is 2.07. The van der Waals surface area contributed by atoms with Crippen LogP contribution in [0.15, 0.2) is 29.6 Å². The first-order chi connectivity index (χ1) is 14.1. The Labute approximate surface area is 172 Å². The number of rotatable bonds is 10. The van der Waals surface area contributed by atoms with Gasteiger partial charge in [0.15, 0.2) is 16.7 Å². The topological polar surface area (TPSA) is 95.6 Å². The number of fused-ring (bicyclic) bond motifs is 1. The van der Waals surface area contributed by atoms with E-state index in [4.69, 9.17) is 18.9 Å². The highest BCUT2D eigenvalue weighted by atomic mass is 32.2. The Bertz CT molecular complexity index is 1010. The van der Waals surface area contributed by atoms with E-state index in [2.05, 4.69) is 15.0 Å². The number of hydrogen-bond donors (Lipinski definition) is 1. The van der Waals surface area contributed by atoms with Crippen LogP contribution >= 0.6 is 0 Å². The minimum atomic E-state index is -1.40. The fourth-order valence-corrected chi connectivity index (χ4v) is 3.91. The SMILES string of the molecule is CCOc1cnc(CS(=O)c2nc3ccc(OC)cc3[nH]2)c(C)c1OCCOC. The Morgan fingerprint density at radius 2 is 2.00 bits per heavy atom. The molecule has 9 heteroatoms. The molecule has 0 fully saturated rings. The Morgan fingerprint density at radius 3 is 2.72 bits per heavy atom. The van der Waals surface area contributed by atoms with E-state index in [-0.39, 0.29) is 5.75 Å². The second-order valence-corrected chi connectivity index (χ2v) is 7.58. The molecule has 0 bridgehead atoms. The van der Waals surface area contributed by atoms with Gasteiger partial charge in [0.25, 0.3) is 0 Å². The minimum absolute atomic E-state index is 0.204. The molecular weight excluding hydrogens is 394 g/mol. The van der Waals surface area contributed by atoms with Gasteiger partial charge in [0.05, 0.1) is 59.8 Å². The maximum absolute atomic E-state index is 12.9. The van der Waals surface area contributed by atoms with Crippen LogP contribution in [-0.2, 0) is 21.3 Å². The third-order valence-electron chi connectivity index (χ3n) is 4.32. The fourth-order valence-electron chi connectivity index (χ4n) is 2.81. The molecule has 8 nitrogen and oxygen atoms in total. The molecular formula is C20H25N3O5S. The standard InChI is InChI=1S/C20H25N3O5S/c1-5-27-18-11-21-17(13(2)19(18)28-9-8-25-3)12-29(24)20-22-15-7-6-14(26-4)10-16(15)23-20/h6-7,10-11H,5,8-9,12H2,1-4H3,(H,22,23). The molecule has 1 unspecified atom stereocenters. The summed E-state index contributed by atoms with van der Waals surface area (Å²) in [4.78, 5) is 12.0. The third kappa shape index (κ3) is 4.86. The van der Waals surface area contributed by atoms with Gasteiger partial charge in [-0.2, -0.15) is 0 Å². The summed E-state index contributed by atoms with van der Waals surface area (Å²) in [6, 6.07) is 5.47. The molecule has 0 saturated carbocycles. The molecule has 156 valence electrons. The van der Waals surface area contributed by atoms with Crippen LogP contribution in [0.1, 0.15) is 18.2 Å². The lowest BCUT2D eigenvalue weighted by Crippen LogP contribution is -2.10. The quantitative estimate of drug-likeness (QED) is 0.505. The number of aromatic nitrogens is 3. The lowest BCUT2D eigenvalue weighted by Gasteiger charge is -2.16. The number of nitrogens with zero attached hydrogens (tertiary/aromatic N) is 2. The van der Waals surface area contributed by atoms with E-state index in [1.807, 2.05) is 32.0 Å². The van der Waals surface area contributed by atoms with E-state index in [0.717, 1.165) is 16.6 Å². The van der Waals surface area contributed by atoms with E-state index < -0.39 is 10.8 Å². The first-order valence-electron chi connectivity index (χ1n) is 9.22. The van der Waals surface area contributed by atoms with Crippen LogP contribution in [0.3, 0.4) is 0 Å². The van der Waals surface area contributed by atoms with E-state index in [1.165, 1.54) is 0 Å². The van der Waals surface area contributed by atoms with Crippen LogP contribution in [0.2, 0.25) is 0 Å². The molecule has 0 aliphatic carbocycles. The fraction of sp³-hybridized carbons (Fsp3) is 0.400. The second-order valence-electron chi connectivity index (χ2n) is 6.21. The summed E-state index contributed by atoms with van der Waals surface area (Å²) in [6.07, 6.45) is 1.61. The van der Waals surface area contributed by atoms with Crippen molar-refractivity contribution in [1.29, 1.82) is 0 Å². The van der Waals surface area contributed by atoms with Crippen molar-refractivity contribution in [2.45, 2.75) is 24.8 Å². The second kappa shape index (κ2) is 9.71. The van der Waals surface area contributed by atoms with Crippen molar-refractivity contribution in [3.05, 3.63) is 35.7 Å². The number of ether oxygens (including phenoxy) is 4. The Morgan fingerprint density at radius 1 is 1.17 bits per heavy atom. The van der Waals surface area contributed by atoms with Crippen molar-refractivity contribution < 1.29 is 23.2 Å². The molecule has 3 rings (SSSR count). The van der Waals surface area contributed by atoms with Crippen LogP contribution in [0.25, 0.3) is 11.0 Å². The number of H-pyrrole nitrogens is 1. The molecule has 1 aromatic carbocycles. The van der Waals surface area contributed by atoms with Gasteiger partial charge in [-0.25, -0.2) is 4.98 Å². The molecule has 0 aliphatic heterocycles. The number of benzene rings is 1. The zero-order valence-electron chi connectivity index (χ0n) is 17.0. The number of pyridine rings is 1. The van der Waals surface area contributed by atoms with Crippen molar-refractivity contribution in [1.82, 2.24) is 15.0 Å². The largest absolute Gasteiger partial charge is 0.497 e. The minimum Gasteiger partial charge on any atom is -0.497 e. The van der Waals surface area contributed by atoms with Crippen molar-refractivity contribution in [2.75, 3.05) is 34.0 Å². The first kappa shape index (κ1) is 21.1. The molecule has 0 aliphatic rings. The number of hydrogen-bond acceptors (Lipinski definition) is 7. The van der Waals surface area contributed by atoms with Crippen molar-refractivity contribution in [3.63, 3.8) is 0 Å². The molecule has 2 aromatic heterocycles. The Hall–Kier alpha value is -2.65. The number of aromatic amines is 1. The van der Waals surface area contributed by atoms with Crippen LogP contribution in [0.5, 0.6) is 17.2 Å². The lowest BCUT2D eigenvalue weighted by molar-refractivity contribution is 0.143. The van der Waals surface area contributed by atoms with E-state index in [0.29, 0.717) is 47.9 Å². The molecule has 1 N–H and O–H groups in total. The van der Waals surface area contributed by atoms with Gasteiger partial charge in [0.1, 0.15) is 12.4 Å². The summed E-state index contributed by atoms with van der Waals surface area (Å²) in [7, 11) is 1.81. The smallest absolute Gasteiger partial charge is 0.197 e. The summed E-state index contributed by atoms with van der Waals surface area (Å²) >= 11 is 0. The van der Waals surface area contributed by atoms with E-state index >= 15 is 0 Å². The van der Waals surface area contributed by atoms with Gasteiger partial charge in [-0.1, -0.05) is 0 Å². The highest BCUT2D eigenvalue weighted by molar-refractivity contribution is 7.84. The molecule has 2 heterocycles. The van der Waals surface area contributed by atoms with Gasteiger partial charge in [-0.05, 0) is 26.0 Å². The highest BCUT2D eigenvalue weighted by Crippen LogP contribution is 2.33. The van der Waals surface area contributed by atoms with E-state index in [9.17, 15) is 4.21 Å². The zero-order valence-corrected chi connectivity index (χ0v) is 17.8. The van der Waals surface area contributed by atoms with Crippen molar-refractivity contribution in [2.24, 2.45) is 0 Å². The molecule has 3 aromatic rings. The number of nitrogens with one attached hydrogen (secondary N) is 1. The predicted molar refractivity (Wildman–Crippen MR) is 110 cm³/mol. The van der Waals surface area contributed by atoms with Gasteiger partial charge < -0.3 is 23.9 Å². The predicted octanol–water partition coefficient (Wildman–Crippen LogP) is 3.01. The summed E-state index contributed by atoms with van der Waals surface area (Å²) in [5.41, 5.74) is 2.96. The van der Waals surface area contributed by atoms with E-state index in [1.54, 1.807) is 20.4 Å². The van der Waals surface area contributed by atoms with Crippen molar-refractivity contribution in [3.8, 4) is 17.2 Å². The summed E-state index contributed by atoms with van der Waals surface area (Å²) in [6.45, 7) is 5.11. The maximum Gasteiger partial charge on any atom is 0.197 e. The van der Waals surface area contributed by atoms with Gasteiger partial charge in [0, 0.05) is 18.7 Å². The van der Waals surface area contributed by atoms with Gasteiger partial charge in [-0.3, -0.25) is 9.19 Å². The Kier molecular flexibility index (Phi) is 7.05. The third-order valence-corrected chi connectivity index (χ3v) is 5.48.